The standard InChI is InChI=1S/C30H26ClF3N2O6/c1-4-5-24(29(37)38)40-26-12-17(6-11-22(26)31)15-36-16(2)27(20-9-8-19(13-23(20)36)41-30(32,33)34)28-21-10-7-18(39-3)14-25(21)42-35-28/h6-14,24H,4-5,15H2,1-3H3,(H,37,38). The zero-order valence-corrected chi connectivity index (χ0v) is 23.5. The molecule has 0 fully saturated rings. The van der Waals surface area contributed by atoms with E-state index in [2.05, 4.69) is 9.89 Å². The summed E-state index contributed by atoms with van der Waals surface area (Å²) >= 11 is 6.33. The number of benzene rings is 3. The van der Waals surface area contributed by atoms with Gasteiger partial charge in [0.2, 0.25) is 0 Å². The van der Waals surface area contributed by atoms with Crippen molar-refractivity contribution in [2.75, 3.05) is 7.11 Å². The van der Waals surface area contributed by atoms with Crippen LogP contribution in [0.4, 0.5) is 13.2 Å². The number of ether oxygens (including phenoxy) is 3. The van der Waals surface area contributed by atoms with Crippen molar-refractivity contribution in [3.05, 3.63) is 70.9 Å². The molecule has 0 aliphatic carbocycles. The van der Waals surface area contributed by atoms with E-state index in [4.69, 9.17) is 25.6 Å². The van der Waals surface area contributed by atoms with Crippen LogP contribution in [0.1, 0.15) is 31.0 Å². The predicted molar refractivity (Wildman–Crippen MR) is 150 cm³/mol. The SMILES string of the molecule is CCCC(Oc1cc(Cn2c(C)c(-c3noc4cc(OC)ccc34)c3ccc(OC(F)(F)F)cc32)ccc1Cl)C(=O)O. The molecule has 8 nitrogen and oxygen atoms in total. The van der Waals surface area contributed by atoms with Crippen LogP contribution in [0.25, 0.3) is 33.1 Å². The maximum atomic E-state index is 13.1. The molecule has 0 aliphatic heterocycles. The number of carboxylic acid groups (broad SMARTS) is 1. The first-order valence-electron chi connectivity index (χ1n) is 13.0. The molecule has 0 amide bonds. The van der Waals surface area contributed by atoms with E-state index < -0.39 is 18.4 Å². The van der Waals surface area contributed by atoms with Gasteiger partial charge >= 0.3 is 12.3 Å². The van der Waals surface area contributed by atoms with Gasteiger partial charge < -0.3 is 28.4 Å². The molecule has 1 atom stereocenters. The third kappa shape index (κ3) is 5.82. The number of hydrogen-bond acceptors (Lipinski definition) is 6. The van der Waals surface area contributed by atoms with Crippen molar-refractivity contribution in [2.24, 2.45) is 0 Å². The Labute approximate surface area is 243 Å². The molecular weight excluding hydrogens is 577 g/mol. The molecule has 1 unspecified atom stereocenters. The van der Waals surface area contributed by atoms with Crippen LogP contribution in [0.2, 0.25) is 5.02 Å². The van der Waals surface area contributed by atoms with Crippen LogP contribution in [0.15, 0.2) is 59.1 Å². The fourth-order valence-electron chi connectivity index (χ4n) is 4.95. The summed E-state index contributed by atoms with van der Waals surface area (Å²) in [5, 5.41) is 15.4. The average Bonchev–Trinajstić information content (AvgIpc) is 3.46. The zero-order chi connectivity index (χ0) is 30.2. The Morgan fingerprint density at radius 3 is 2.52 bits per heavy atom. The summed E-state index contributed by atoms with van der Waals surface area (Å²) in [6.45, 7) is 3.87. The molecule has 0 radical (unpaired) electrons. The Bertz CT molecular complexity index is 1780. The quantitative estimate of drug-likeness (QED) is 0.173. The van der Waals surface area contributed by atoms with Crippen molar-refractivity contribution in [1.29, 1.82) is 0 Å². The van der Waals surface area contributed by atoms with Crippen LogP contribution in [0.3, 0.4) is 0 Å². The average molecular weight is 603 g/mol. The molecule has 3 aromatic carbocycles. The summed E-state index contributed by atoms with van der Waals surface area (Å²) in [5.74, 6) is -0.700. The van der Waals surface area contributed by atoms with Gasteiger partial charge in [0.1, 0.15) is 22.9 Å². The first-order valence-corrected chi connectivity index (χ1v) is 13.4. The van der Waals surface area contributed by atoms with Gasteiger partial charge in [-0.1, -0.05) is 36.2 Å². The molecule has 0 saturated heterocycles. The first kappa shape index (κ1) is 29.1. The van der Waals surface area contributed by atoms with Gasteiger partial charge in [-0.2, -0.15) is 0 Å². The van der Waals surface area contributed by atoms with Crippen LogP contribution < -0.4 is 14.2 Å². The minimum Gasteiger partial charge on any atom is -0.497 e. The summed E-state index contributed by atoms with van der Waals surface area (Å²) in [4.78, 5) is 11.7. The van der Waals surface area contributed by atoms with Gasteiger partial charge in [0.25, 0.3) is 0 Å². The van der Waals surface area contributed by atoms with E-state index in [-0.39, 0.29) is 23.1 Å². The van der Waals surface area contributed by atoms with E-state index in [0.717, 1.165) is 0 Å². The largest absolute Gasteiger partial charge is 0.573 e. The van der Waals surface area contributed by atoms with Crippen LogP contribution in [0.5, 0.6) is 17.2 Å². The van der Waals surface area contributed by atoms with Gasteiger partial charge in [-0.15, -0.1) is 13.2 Å². The number of halogens is 4. The summed E-state index contributed by atoms with van der Waals surface area (Å²) in [7, 11) is 1.54. The van der Waals surface area contributed by atoms with E-state index in [0.29, 0.717) is 63.0 Å². The lowest BCUT2D eigenvalue weighted by Gasteiger charge is -2.17. The van der Waals surface area contributed by atoms with E-state index in [1.165, 1.54) is 19.2 Å². The molecule has 42 heavy (non-hydrogen) atoms. The van der Waals surface area contributed by atoms with Crippen molar-refractivity contribution in [2.45, 2.75) is 45.7 Å². The number of methoxy groups -OCH3 is 1. The van der Waals surface area contributed by atoms with Gasteiger partial charge in [-0.05, 0) is 55.3 Å². The van der Waals surface area contributed by atoms with Crippen molar-refractivity contribution in [3.63, 3.8) is 0 Å². The molecule has 5 aromatic rings. The number of nitrogens with zero attached hydrogens (tertiary/aromatic N) is 2. The Hall–Kier alpha value is -4.38. The number of aromatic nitrogens is 2. The second-order valence-corrected chi connectivity index (χ2v) is 10.1. The maximum absolute atomic E-state index is 13.1. The van der Waals surface area contributed by atoms with Gasteiger partial charge in [-0.3, -0.25) is 0 Å². The fraction of sp³-hybridized carbons (Fsp3) is 0.267. The second kappa shape index (κ2) is 11.5. The van der Waals surface area contributed by atoms with Crippen molar-refractivity contribution < 1.29 is 41.8 Å². The van der Waals surface area contributed by atoms with Gasteiger partial charge in [0.15, 0.2) is 11.7 Å². The van der Waals surface area contributed by atoms with Crippen molar-refractivity contribution >= 4 is 39.4 Å². The van der Waals surface area contributed by atoms with E-state index in [9.17, 15) is 23.1 Å². The van der Waals surface area contributed by atoms with Crippen LogP contribution in [0, 0.1) is 6.92 Å². The smallest absolute Gasteiger partial charge is 0.497 e. The zero-order valence-electron chi connectivity index (χ0n) is 22.8. The van der Waals surface area contributed by atoms with Gasteiger partial charge in [-0.25, -0.2) is 4.79 Å². The van der Waals surface area contributed by atoms with Crippen molar-refractivity contribution in [3.8, 4) is 28.5 Å². The molecule has 0 bridgehead atoms. The molecule has 0 saturated carbocycles. The first-order chi connectivity index (χ1) is 20.0. The molecule has 1 N–H and O–H groups in total. The summed E-state index contributed by atoms with van der Waals surface area (Å²) in [6, 6.07) is 14.4. The third-order valence-corrected chi connectivity index (χ3v) is 7.19. The number of aliphatic carboxylic acids is 1. The van der Waals surface area contributed by atoms with Crippen LogP contribution in [-0.4, -0.2) is 40.4 Å². The van der Waals surface area contributed by atoms with Crippen molar-refractivity contribution in [1.82, 2.24) is 9.72 Å². The topological polar surface area (TPSA) is 96.0 Å². The maximum Gasteiger partial charge on any atom is 0.573 e. The lowest BCUT2D eigenvalue weighted by atomic mass is 10.0. The van der Waals surface area contributed by atoms with E-state index in [1.807, 2.05) is 24.5 Å². The molecule has 0 aliphatic rings. The van der Waals surface area contributed by atoms with E-state index in [1.54, 1.807) is 36.4 Å². The molecular formula is C30H26ClF3N2O6. The van der Waals surface area contributed by atoms with Gasteiger partial charge in [0, 0.05) is 35.3 Å². The van der Waals surface area contributed by atoms with Crippen LogP contribution in [-0.2, 0) is 11.3 Å². The minimum atomic E-state index is -4.87. The molecule has 2 heterocycles. The highest BCUT2D eigenvalue weighted by Crippen LogP contribution is 2.41. The Kier molecular flexibility index (Phi) is 7.96. The molecule has 5 rings (SSSR count). The lowest BCUT2D eigenvalue weighted by Crippen LogP contribution is -2.26. The number of alkyl halides is 3. The Morgan fingerprint density at radius 1 is 1.10 bits per heavy atom. The number of fused-ring (bicyclic) bond motifs is 2. The highest BCUT2D eigenvalue weighted by molar-refractivity contribution is 6.32. The number of hydrogen-bond donors (Lipinski definition) is 1. The Morgan fingerprint density at radius 2 is 1.83 bits per heavy atom. The second-order valence-electron chi connectivity index (χ2n) is 9.66. The summed E-state index contributed by atoms with van der Waals surface area (Å²) < 4.78 is 61.9. The fourth-order valence-corrected chi connectivity index (χ4v) is 5.11. The lowest BCUT2D eigenvalue weighted by molar-refractivity contribution is -0.274. The Balaban J connectivity index is 1.63. The predicted octanol–water partition coefficient (Wildman–Crippen LogP) is 8.00. The molecule has 220 valence electrons. The van der Waals surface area contributed by atoms with Crippen LogP contribution >= 0.6 is 11.6 Å². The number of carboxylic acids is 1. The molecule has 0 spiro atoms. The highest BCUT2D eigenvalue weighted by Gasteiger charge is 2.32. The normalized spacial score (nSPS) is 12.5. The highest BCUT2D eigenvalue weighted by atomic mass is 35.5. The van der Waals surface area contributed by atoms with Gasteiger partial charge in [0.05, 0.1) is 23.0 Å². The monoisotopic (exact) mass is 602 g/mol. The summed E-state index contributed by atoms with van der Waals surface area (Å²) in [5.41, 5.74) is 3.52. The summed E-state index contributed by atoms with van der Waals surface area (Å²) in [6.07, 6.45) is -5.06. The molecule has 2 aromatic heterocycles. The van der Waals surface area contributed by atoms with E-state index >= 15 is 0 Å². The third-order valence-electron chi connectivity index (χ3n) is 6.88. The minimum absolute atomic E-state index is 0.195. The molecule has 12 heteroatoms. The number of carbonyl (C=O) groups is 1. The number of rotatable bonds is 10.